The SMILES string of the molecule is N#CCOc1ccc(NC2CN3CCC2CC3)cc1. The zero-order valence-electron chi connectivity index (χ0n) is 11.0. The third-order valence-electron chi connectivity index (χ3n) is 4.17. The molecule has 1 N–H and O–H groups in total. The number of rotatable bonds is 4. The molecule has 1 unspecified atom stereocenters. The molecular weight excluding hydrogens is 238 g/mol. The van der Waals surface area contributed by atoms with E-state index in [0.29, 0.717) is 6.04 Å². The van der Waals surface area contributed by atoms with E-state index in [2.05, 4.69) is 10.2 Å². The molecule has 0 aromatic heterocycles. The molecule has 0 saturated carbocycles. The molecule has 1 aromatic rings. The summed E-state index contributed by atoms with van der Waals surface area (Å²) in [7, 11) is 0. The standard InChI is InChI=1S/C15H19N3O/c16-7-10-19-14-3-1-13(2-4-14)17-15-11-18-8-5-12(15)6-9-18/h1-4,12,15,17H,5-6,8-11H2. The zero-order valence-corrected chi connectivity index (χ0v) is 11.0. The predicted octanol–water partition coefficient (Wildman–Crippen LogP) is 2.10. The van der Waals surface area contributed by atoms with Crippen molar-refractivity contribution in [3.05, 3.63) is 24.3 Å². The van der Waals surface area contributed by atoms with Crippen molar-refractivity contribution >= 4 is 5.69 Å². The number of anilines is 1. The van der Waals surface area contributed by atoms with Crippen molar-refractivity contribution in [2.24, 2.45) is 5.92 Å². The molecule has 3 aliphatic rings. The minimum Gasteiger partial charge on any atom is -0.479 e. The lowest BCUT2D eigenvalue weighted by Gasteiger charge is -2.45. The largest absolute Gasteiger partial charge is 0.479 e. The van der Waals surface area contributed by atoms with E-state index in [0.717, 1.165) is 23.9 Å². The van der Waals surface area contributed by atoms with Crippen molar-refractivity contribution in [2.75, 3.05) is 31.6 Å². The highest BCUT2D eigenvalue weighted by molar-refractivity contribution is 5.47. The summed E-state index contributed by atoms with van der Waals surface area (Å²) in [5.41, 5.74) is 1.14. The first kappa shape index (κ1) is 12.3. The van der Waals surface area contributed by atoms with Gasteiger partial charge in [0.15, 0.2) is 6.61 Å². The summed E-state index contributed by atoms with van der Waals surface area (Å²) in [5, 5.41) is 12.1. The Morgan fingerprint density at radius 1 is 1.26 bits per heavy atom. The molecule has 0 aliphatic carbocycles. The number of fused-ring (bicyclic) bond motifs is 3. The van der Waals surface area contributed by atoms with Crippen molar-refractivity contribution in [2.45, 2.75) is 18.9 Å². The predicted molar refractivity (Wildman–Crippen MR) is 74.1 cm³/mol. The van der Waals surface area contributed by atoms with Gasteiger partial charge < -0.3 is 15.0 Å². The topological polar surface area (TPSA) is 48.3 Å². The molecule has 3 saturated heterocycles. The minimum atomic E-state index is 0.104. The Bertz CT molecular complexity index is 457. The van der Waals surface area contributed by atoms with Gasteiger partial charge in [-0.3, -0.25) is 0 Å². The second-order valence-corrected chi connectivity index (χ2v) is 5.36. The number of hydrogen-bond acceptors (Lipinski definition) is 4. The summed E-state index contributed by atoms with van der Waals surface area (Å²) in [4.78, 5) is 2.54. The molecule has 4 heteroatoms. The fourth-order valence-corrected chi connectivity index (χ4v) is 3.11. The van der Waals surface area contributed by atoms with Crippen LogP contribution in [0.5, 0.6) is 5.75 Å². The summed E-state index contributed by atoms with van der Waals surface area (Å²) >= 11 is 0. The van der Waals surface area contributed by atoms with Crippen LogP contribution in [0.2, 0.25) is 0 Å². The Kier molecular flexibility index (Phi) is 3.56. The van der Waals surface area contributed by atoms with Crippen LogP contribution in [0.1, 0.15) is 12.8 Å². The molecule has 3 fully saturated rings. The maximum atomic E-state index is 8.47. The number of benzene rings is 1. The Balaban J connectivity index is 1.59. The summed E-state index contributed by atoms with van der Waals surface area (Å²) in [6.07, 6.45) is 2.64. The third kappa shape index (κ3) is 2.82. The fourth-order valence-electron chi connectivity index (χ4n) is 3.11. The lowest BCUT2D eigenvalue weighted by atomic mass is 9.84. The molecule has 1 aromatic carbocycles. The Morgan fingerprint density at radius 3 is 2.58 bits per heavy atom. The number of hydrogen-bond donors (Lipinski definition) is 1. The molecule has 0 amide bonds. The number of piperidine rings is 3. The van der Waals surface area contributed by atoms with Crippen LogP contribution in [0.4, 0.5) is 5.69 Å². The van der Waals surface area contributed by atoms with Gasteiger partial charge >= 0.3 is 0 Å². The van der Waals surface area contributed by atoms with Crippen molar-refractivity contribution in [3.8, 4) is 11.8 Å². The van der Waals surface area contributed by atoms with E-state index in [1.807, 2.05) is 30.3 Å². The van der Waals surface area contributed by atoms with Gasteiger partial charge in [0, 0.05) is 18.3 Å². The second kappa shape index (κ2) is 5.50. The first-order valence-corrected chi connectivity index (χ1v) is 6.94. The Hall–Kier alpha value is -1.73. The van der Waals surface area contributed by atoms with Crippen LogP contribution in [-0.4, -0.2) is 37.2 Å². The number of nitrogens with one attached hydrogen (secondary N) is 1. The van der Waals surface area contributed by atoms with Crippen LogP contribution in [0, 0.1) is 17.2 Å². The van der Waals surface area contributed by atoms with Gasteiger partial charge in [-0.1, -0.05) is 0 Å². The van der Waals surface area contributed by atoms with Crippen LogP contribution in [-0.2, 0) is 0 Å². The summed E-state index contributed by atoms with van der Waals surface area (Å²) in [6, 6.07) is 10.4. The smallest absolute Gasteiger partial charge is 0.174 e. The average Bonchev–Trinajstić information content (AvgIpc) is 2.48. The first-order chi connectivity index (χ1) is 9.35. The summed E-state index contributed by atoms with van der Waals surface area (Å²) in [6.45, 7) is 3.80. The van der Waals surface area contributed by atoms with E-state index < -0.39 is 0 Å². The quantitative estimate of drug-likeness (QED) is 0.897. The van der Waals surface area contributed by atoms with E-state index >= 15 is 0 Å². The highest BCUT2D eigenvalue weighted by atomic mass is 16.5. The molecule has 100 valence electrons. The van der Waals surface area contributed by atoms with Crippen molar-refractivity contribution in [1.82, 2.24) is 4.90 Å². The second-order valence-electron chi connectivity index (χ2n) is 5.36. The van der Waals surface area contributed by atoms with Gasteiger partial charge in [-0.05, 0) is 56.1 Å². The fraction of sp³-hybridized carbons (Fsp3) is 0.533. The van der Waals surface area contributed by atoms with E-state index in [9.17, 15) is 0 Å². The molecule has 3 aliphatic heterocycles. The van der Waals surface area contributed by atoms with Gasteiger partial charge in [0.25, 0.3) is 0 Å². The molecule has 0 spiro atoms. The van der Waals surface area contributed by atoms with Crippen molar-refractivity contribution in [1.29, 1.82) is 5.26 Å². The molecule has 4 nitrogen and oxygen atoms in total. The van der Waals surface area contributed by atoms with Crippen LogP contribution in [0.25, 0.3) is 0 Å². The van der Waals surface area contributed by atoms with Gasteiger partial charge in [-0.15, -0.1) is 0 Å². The molecule has 19 heavy (non-hydrogen) atoms. The zero-order chi connectivity index (χ0) is 13.1. The number of nitrogens with zero attached hydrogens (tertiary/aromatic N) is 2. The van der Waals surface area contributed by atoms with E-state index in [1.165, 1.54) is 25.9 Å². The maximum Gasteiger partial charge on any atom is 0.174 e. The molecule has 0 radical (unpaired) electrons. The first-order valence-electron chi connectivity index (χ1n) is 6.94. The van der Waals surface area contributed by atoms with Gasteiger partial charge in [0.2, 0.25) is 0 Å². The van der Waals surface area contributed by atoms with Crippen LogP contribution in [0.15, 0.2) is 24.3 Å². The van der Waals surface area contributed by atoms with Crippen LogP contribution in [0.3, 0.4) is 0 Å². The van der Waals surface area contributed by atoms with Crippen molar-refractivity contribution < 1.29 is 4.74 Å². The molecule has 3 heterocycles. The maximum absolute atomic E-state index is 8.47. The van der Waals surface area contributed by atoms with Crippen LogP contribution < -0.4 is 10.1 Å². The highest BCUT2D eigenvalue weighted by Crippen LogP contribution is 2.30. The lowest BCUT2D eigenvalue weighted by Crippen LogP contribution is -2.53. The molecular formula is C15H19N3O. The van der Waals surface area contributed by atoms with Gasteiger partial charge in [-0.2, -0.15) is 5.26 Å². The highest BCUT2D eigenvalue weighted by Gasteiger charge is 2.33. The van der Waals surface area contributed by atoms with E-state index in [-0.39, 0.29) is 6.61 Å². The molecule has 1 atom stereocenters. The summed E-state index contributed by atoms with van der Waals surface area (Å²) in [5.74, 6) is 1.57. The third-order valence-corrected chi connectivity index (χ3v) is 4.17. The average molecular weight is 257 g/mol. The van der Waals surface area contributed by atoms with Gasteiger partial charge in [-0.25, -0.2) is 0 Å². The van der Waals surface area contributed by atoms with E-state index in [4.69, 9.17) is 10.00 Å². The monoisotopic (exact) mass is 257 g/mol. The number of ether oxygens (including phenoxy) is 1. The Morgan fingerprint density at radius 2 is 2.00 bits per heavy atom. The molecule has 2 bridgehead atoms. The normalized spacial score (nSPS) is 28.7. The lowest BCUT2D eigenvalue weighted by molar-refractivity contribution is 0.0975. The summed E-state index contributed by atoms with van der Waals surface area (Å²) < 4.78 is 5.25. The number of nitriles is 1. The van der Waals surface area contributed by atoms with Crippen LogP contribution >= 0.6 is 0 Å². The van der Waals surface area contributed by atoms with Crippen molar-refractivity contribution in [3.63, 3.8) is 0 Å². The minimum absolute atomic E-state index is 0.104. The Labute approximate surface area is 114 Å². The van der Waals surface area contributed by atoms with Gasteiger partial charge in [0.1, 0.15) is 11.8 Å². The van der Waals surface area contributed by atoms with Gasteiger partial charge in [0.05, 0.1) is 0 Å². The molecule has 4 rings (SSSR count). The van der Waals surface area contributed by atoms with E-state index in [1.54, 1.807) is 0 Å².